The van der Waals surface area contributed by atoms with Gasteiger partial charge in [0.1, 0.15) is 21.4 Å². The molecule has 2 nitrogen and oxygen atoms in total. The van der Waals surface area contributed by atoms with Crippen molar-refractivity contribution in [3.05, 3.63) is 8.67 Å². The molecule has 0 fully saturated rings. The van der Waals surface area contributed by atoms with Gasteiger partial charge in [-0.2, -0.15) is 0 Å². The first-order valence-corrected chi connectivity index (χ1v) is 7.56. The van der Waals surface area contributed by atoms with Crippen LogP contribution >= 0.6 is 34.5 Å². The Hall–Kier alpha value is -0.120. The van der Waals surface area contributed by atoms with E-state index in [0.29, 0.717) is 26.8 Å². The number of ether oxygens (including phenoxy) is 2. The minimum atomic E-state index is 0.113. The molecule has 1 aliphatic rings. The Morgan fingerprint density at radius 2 is 1.94 bits per heavy atom. The molecule has 17 heavy (non-hydrogen) atoms. The number of rotatable bonds is 5. The SMILES string of the molecule is CCCCCCC1COc2c(Cl)sc(Cl)c2O1. The van der Waals surface area contributed by atoms with E-state index in [1.807, 2.05) is 0 Å². The van der Waals surface area contributed by atoms with E-state index in [4.69, 9.17) is 32.7 Å². The Kier molecular flexibility index (Phi) is 4.83. The predicted molar refractivity (Wildman–Crippen MR) is 73.0 cm³/mol. The molecule has 96 valence electrons. The highest BCUT2D eigenvalue weighted by Crippen LogP contribution is 2.50. The van der Waals surface area contributed by atoms with Gasteiger partial charge in [-0.15, -0.1) is 11.3 Å². The van der Waals surface area contributed by atoms with Gasteiger partial charge in [-0.3, -0.25) is 0 Å². The van der Waals surface area contributed by atoms with Crippen LogP contribution < -0.4 is 9.47 Å². The second kappa shape index (κ2) is 6.17. The highest BCUT2D eigenvalue weighted by atomic mass is 35.5. The molecule has 2 heterocycles. The lowest BCUT2D eigenvalue weighted by molar-refractivity contribution is 0.0844. The number of fused-ring (bicyclic) bond motifs is 1. The Bertz CT molecular complexity index is 379. The Balaban J connectivity index is 1.88. The van der Waals surface area contributed by atoms with Crippen LogP contribution in [-0.4, -0.2) is 12.7 Å². The molecule has 0 saturated heterocycles. The fourth-order valence-electron chi connectivity index (χ4n) is 1.89. The number of halogens is 2. The second-order valence-electron chi connectivity index (χ2n) is 4.21. The fourth-order valence-corrected chi connectivity index (χ4v) is 3.38. The molecule has 0 saturated carbocycles. The highest BCUT2D eigenvalue weighted by molar-refractivity contribution is 7.20. The molecule has 0 N–H and O–H groups in total. The van der Waals surface area contributed by atoms with Gasteiger partial charge in [0.25, 0.3) is 0 Å². The molecule has 1 aromatic rings. The van der Waals surface area contributed by atoms with E-state index in [0.717, 1.165) is 6.42 Å². The molecule has 2 rings (SSSR count). The third-order valence-corrected chi connectivity index (χ3v) is 4.36. The Morgan fingerprint density at radius 1 is 1.18 bits per heavy atom. The number of thiophene rings is 1. The second-order valence-corrected chi connectivity index (χ2v) is 6.43. The van der Waals surface area contributed by atoms with Gasteiger partial charge in [-0.05, 0) is 12.8 Å². The van der Waals surface area contributed by atoms with E-state index in [2.05, 4.69) is 6.92 Å². The molecule has 0 aromatic carbocycles. The first kappa shape index (κ1) is 13.3. The van der Waals surface area contributed by atoms with Crippen molar-refractivity contribution in [1.29, 1.82) is 0 Å². The summed E-state index contributed by atoms with van der Waals surface area (Å²) in [7, 11) is 0. The van der Waals surface area contributed by atoms with Gasteiger partial charge < -0.3 is 9.47 Å². The smallest absolute Gasteiger partial charge is 0.193 e. The standard InChI is InChI=1S/C12H16Cl2O2S/c1-2-3-4-5-6-8-7-15-9-10(16-8)12(14)17-11(9)13/h8H,2-7H2,1H3. The van der Waals surface area contributed by atoms with E-state index < -0.39 is 0 Å². The van der Waals surface area contributed by atoms with Gasteiger partial charge in [0.15, 0.2) is 11.5 Å². The Labute approximate surface area is 116 Å². The van der Waals surface area contributed by atoms with Crippen molar-refractivity contribution >= 4 is 34.5 Å². The van der Waals surface area contributed by atoms with Crippen LogP contribution in [0, 0.1) is 0 Å². The summed E-state index contributed by atoms with van der Waals surface area (Å²) in [5.41, 5.74) is 0. The highest BCUT2D eigenvalue weighted by Gasteiger charge is 2.27. The molecule has 0 radical (unpaired) electrons. The first-order chi connectivity index (χ1) is 8.22. The normalized spacial score (nSPS) is 18.4. The van der Waals surface area contributed by atoms with E-state index >= 15 is 0 Å². The minimum Gasteiger partial charge on any atom is -0.483 e. The zero-order valence-electron chi connectivity index (χ0n) is 9.80. The molecule has 1 unspecified atom stereocenters. The summed E-state index contributed by atoms with van der Waals surface area (Å²) in [6.45, 7) is 2.78. The largest absolute Gasteiger partial charge is 0.483 e. The van der Waals surface area contributed by atoms with Gasteiger partial charge in [-0.25, -0.2) is 0 Å². The maximum absolute atomic E-state index is 6.04. The van der Waals surface area contributed by atoms with Crippen molar-refractivity contribution in [3.63, 3.8) is 0 Å². The summed E-state index contributed by atoms with van der Waals surface area (Å²) in [6, 6.07) is 0. The first-order valence-electron chi connectivity index (χ1n) is 5.99. The van der Waals surface area contributed by atoms with E-state index in [-0.39, 0.29) is 6.10 Å². The maximum atomic E-state index is 6.04. The zero-order chi connectivity index (χ0) is 12.3. The van der Waals surface area contributed by atoms with E-state index in [1.165, 1.54) is 37.0 Å². The van der Waals surface area contributed by atoms with Gasteiger partial charge in [-0.1, -0.05) is 49.4 Å². The fraction of sp³-hybridized carbons (Fsp3) is 0.667. The summed E-state index contributed by atoms with van der Waals surface area (Å²) >= 11 is 13.3. The molecule has 1 aromatic heterocycles. The van der Waals surface area contributed by atoms with Crippen LogP contribution in [0.15, 0.2) is 0 Å². The van der Waals surface area contributed by atoms with Gasteiger partial charge in [0.05, 0.1) is 0 Å². The average Bonchev–Trinajstić information content (AvgIpc) is 2.61. The molecule has 1 aliphatic heterocycles. The molecule has 5 heteroatoms. The molecular formula is C12H16Cl2O2S. The monoisotopic (exact) mass is 294 g/mol. The van der Waals surface area contributed by atoms with Crippen molar-refractivity contribution in [2.24, 2.45) is 0 Å². The third-order valence-electron chi connectivity index (χ3n) is 2.82. The van der Waals surface area contributed by atoms with E-state index in [1.54, 1.807) is 0 Å². The van der Waals surface area contributed by atoms with Crippen LogP contribution in [0.2, 0.25) is 8.67 Å². The molecule has 1 atom stereocenters. The van der Waals surface area contributed by atoms with Crippen molar-refractivity contribution in [2.45, 2.75) is 45.1 Å². The Morgan fingerprint density at radius 3 is 2.71 bits per heavy atom. The lowest BCUT2D eigenvalue weighted by Crippen LogP contribution is -2.28. The van der Waals surface area contributed by atoms with Crippen LogP contribution in [-0.2, 0) is 0 Å². The zero-order valence-corrected chi connectivity index (χ0v) is 12.1. The molecular weight excluding hydrogens is 279 g/mol. The molecule has 0 spiro atoms. The van der Waals surface area contributed by atoms with Gasteiger partial charge >= 0.3 is 0 Å². The van der Waals surface area contributed by atoms with Crippen molar-refractivity contribution in [2.75, 3.05) is 6.61 Å². The summed E-state index contributed by atoms with van der Waals surface area (Å²) in [5.74, 6) is 1.25. The summed E-state index contributed by atoms with van der Waals surface area (Å²) in [6.07, 6.45) is 6.08. The quantitative estimate of drug-likeness (QED) is 0.698. The van der Waals surface area contributed by atoms with Crippen LogP contribution in [0.5, 0.6) is 11.5 Å². The lowest BCUT2D eigenvalue weighted by Gasteiger charge is -2.24. The predicted octanol–water partition coefficient (Wildman–Crippen LogP) is 5.17. The van der Waals surface area contributed by atoms with Crippen LogP contribution in [0.3, 0.4) is 0 Å². The van der Waals surface area contributed by atoms with Crippen molar-refractivity contribution < 1.29 is 9.47 Å². The van der Waals surface area contributed by atoms with E-state index in [9.17, 15) is 0 Å². The molecule has 0 bridgehead atoms. The number of unbranched alkanes of at least 4 members (excludes halogenated alkanes) is 3. The number of hydrogen-bond donors (Lipinski definition) is 0. The van der Waals surface area contributed by atoms with Crippen LogP contribution in [0.4, 0.5) is 0 Å². The average molecular weight is 295 g/mol. The third kappa shape index (κ3) is 3.21. The topological polar surface area (TPSA) is 18.5 Å². The summed E-state index contributed by atoms with van der Waals surface area (Å²) in [4.78, 5) is 0. The van der Waals surface area contributed by atoms with Gasteiger partial charge in [0.2, 0.25) is 0 Å². The van der Waals surface area contributed by atoms with Gasteiger partial charge in [0, 0.05) is 0 Å². The van der Waals surface area contributed by atoms with Crippen LogP contribution in [0.1, 0.15) is 39.0 Å². The minimum absolute atomic E-state index is 0.113. The lowest BCUT2D eigenvalue weighted by atomic mass is 10.1. The molecule has 0 amide bonds. The maximum Gasteiger partial charge on any atom is 0.193 e. The number of hydrogen-bond acceptors (Lipinski definition) is 3. The summed E-state index contributed by atoms with van der Waals surface area (Å²) in [5, 5.41) is 0. The molecule has 0 aliphatic carbocycles. The van der Waals surface area contributed by atoms with Crippen LogP contribution in [0.25, 0.3) is 0 Å². The summed E-state index contributed by atoms with van der Waals surface area (Å²) < 4.78 is 12.6. The van der Waals surface area contributed by atoms with Crippen molar-refractivity contribution in [3.8, 4) is 11.5 Å². The van der Waals surface area contributed by atoms with Crippen molar-refractivity contribution in [1.82, 2.24) is 0 Å².